The van der Waals surface area contributed by atoms with Crippen LogP contribution < -0.4 is 5.32 Å². The lowest BCUT2D eigenvalue weighted by Gasteiger charge is -2.27. The van der Waals surface area contributed by atoms with Crippen LogP contribution in [0, 0.1) is 0 Å². The van der Waals surface area contributed by atoms with Crippen molar-refractivity contribution in [3.63, 3.8) is 0 Å². The molecule has 0 saturated heterocycles. The summed E-state index contributed by atoms with van der Waals surface area (Å²) in [4.78, 5) is 23.2. The maximum atomic E-state index is 13.1. The minimum Gasteiger partial charge on any atom is -0.380 e. The number of nitrogens with zero attached hydrogens (tertiary/aromatic N) is 3. The zero-order valence-electron chi connectivity index (χ0n) is 15.7. The van der Waals surface area contributed by atoms with Crippen LogP contribution in [-0.2, 0) is 13.1 Å². The van der Waals surface area contributed by atoms with Gasteiger partial charge in [-0.25, -0.2) is 0 Å². The summed E-state index contributed by atoms with van der Waals surface area (Å²) in [5, 5.41) is 3.31. The molecule has 3 aromatic rings. The number of aromatic nitrogens is 2. The van der Waals surface area contributed by atoms with E-state index in [1.807, 2.05) is 67.3 Å². The number of anilines is 1. The first kappa shape index (κ1) is 18.6. The van der Waals surface area contributed by atoms with Crippen molar-refractivity contribution >= 4 is 11.6 Å². The van der Waals surface area contributed by atoms with Gasteiger partial charge < -0.3 is 10.2 Å². The molecule has 3 rings (SSSR count). The molecule has 27 heavy (non-hydrogen) atoms. The van der Waals surface area contributed by atoms with Crippen LogP contribution in [0.1, 0.15) is 35.3 Å². The fourth-order valence-corrected chi connectivity index (χ4v) is 2.79. The van der Waals surface area contributed by atoms with Gasteiger partial charge in [0.05, 0.1) is 11.3 Å². The first-order chi connectivity index (χ1) is 13.1. The summed E-state index contributed by atoms with van der Waals surface area (Å²) < 4.78 is 0. The molecular formula is C22H24N4O. The summed E-state index contributed by atoms with van der Waals surface area (Å²) in [6.07, 6.45) is 6.88. The highest BCUT2D eigenvalue weighted by molar-refractivity contribution is 5.94. The third-order valence-electron chi connectivity index (χ3n) is 4.31. The lowest BCUT2D eigenvalue weighted by atomic mass is 10.1. The van der Waals surface area contributed by atoms with Crippen molar-refractivity contribution in [3.8, 4) is 0 Å². The van der Waals surface area contributed by atoms with Gasteiger partial charge in [0.25, 0.3) is 5.91 Å². The summed E-state index contributed by atoms with van der Waals surface area (Å²) in [6.45, 7) is 5.28. The van der Waals surface area contributed by atoms with Gasteiger partial charge in [-0.05, 0) is 43.2 Å². The van der Waals surface area contributed by atoms with E-state index in [2.05, 4.69) is 15.3 Å². The predicted octanol–water partition coefficient (Wildman–Crippen LogP) is 4.14. The zero-order valence-corrected chi connectivity index (χ0v) is 15.7. The van der Waals surface area contributed by atoms with E-state index >= 15 is 0 Å². The Morgan fingerprint density at radius 1 is 1.00 bits per heavy atom. The average Bonchev–Trinajstić information content (AvgIpc) is 2.71. The molecule has 0 fully saturated rings. The third-order valence-corrected chi connectivity index (χ3v) is 4.31. The molecule has 1 N–H and O–H groups in total. The van der Waals surface area contributed by atoms with Crippen LogP contribution in [0.5, 0.6) is 0 Å². The molecule has 0 radical (unpaired) electrons. The minimum absolute atomic E-state index is 0.0195. The van der Waals surface area contributed by atoms with Gasteiger partial charge in [0.15, 0.2) is 0 Å². The first-order valence-electron chi connectivity index (χ1n) is 9.06. The van der Waals surface area contributed by atoms with Gasteiger partial charge in [0.1, 0.15) is 0 Å². The van der Waals surface area contributed by atoms with Crippen molar-refractivity contribution in [1.29, 1.82) is 0 Å². The van der Waals surface area contributed by atoms with E-state index in [9.17, 15) is 4.79 Å². The number of benzene rings is 1. The fraction of sp³-hybridized carbons (Fsp3) is 0.227. The highest BCUT2D eigenvalue weighted by Crippen LogP contribution is 2.16. The van der Waals surface area contributed by atoms with Crippen LogP contribution in [0.25, 0.3) is 0 Å². The molecule has 1 amide bonds. The van der Waals surface area contributed by atoms with Crippen molar-refractivity contribution in [1.82, 2.24) is 14.9 Å². The Balaban J connectivity index is 1.72. The second kappa shape index (κ2) is 8.94. The molecule has 0 saturated carbocycles. The Bertz CT molecular complexity index is 866. The number of pyridine rings is 2. The number of hydrogen-bond acceptors (Lipinski definition) is 4. The number of nitrogens with one attached hydrogen (secondary N) is 1. The largest absolute Gasteiger partial charge is 0.380 e. The summed E-state index contributed by atoms with van der Waals surface area (Å²) in [7, 11) is 0. The average molecular weight is 360 g/mol. The zero-order chi connectivity index (χ0) is 19.1. The highest BCUT2D eigenvalue weighted by atomic mass is 16.2. The summed E-state index contributed by atoms with van der Waals surface area (Å²) in [5.41, 5.74) is 3.63. The van der Waals surface area contributed by atoms with Crippen LogP contribution in [0.4, 0.5) is 5.69 Å². The molecule has 0 bridgehead atoms. The molecule has 0 atom stereocenters. The summed E-state index contributed by atoms with van der Waals surface area (Å²) in [6, 6.07) is 15.9. The van der Waals surface area contributed by atoms with Crippen LogP contribution in [0.15, 0.2) is 73.3 Å². The SMILES string of the molecule is CC(C)N(Cc1ccccc1)C(=O)c1cncc(NCc2ccncc2)c1. The van der Waals surface area contributed by atoms with Crippen molar-refractivity contribution in [2.45, 2.75) is 33.0 Å². The van der Waals surface area contributed by atoms with Crippen molar-refractivity contribution < 1.29 is 4.79 Å². The van der Waals surface area contributed by atoms with E-state index in [1.54, 1.807) is 24.8 Å². The smallest absolute Gasteiger partial charge is 0.256 e. The standard InChI is InChI=1S/C22H24N4O/c1-17(2)26(16-19-6-4-3-5-7-19)22(27)20-12-21(15-24-14-20)25-13-18-8-10-23-11-9-18/h3-12,14-15,17,25H,13,16H2,1-2H3. The monoisotopic (exact) mass is 360 g/mol. The third kappa shape index (κ3) is 5.14. The van der Waals surface area contributed by atoms with Gasteiger partial charge in [-0.2, -0.15) is 0 Å². The van der Waals surface area contributed by atoms with Crippen molar-refractivity contribution in [2.75, 3.05) is 5.32 Å². The number of amides is 1. The second-order valence-electron chi connectivity index (χ2n) is 6.68. The van der Waals surface area contributed by atoms with E-state index in [0.717, 1.165) is 16.8 Å². The predicted molar refractivity (Wildman–Crippen MR) is 107 cm³/mol. The molecule has 5 nitrogen and oxygen atoms in total. The van der Waals surface area contributed by atoms with E-state index < -0.39 is 0 Å². The molecule has 1 aromatic carbocycles. The van der Waals surface area contributed by atoms with Crippen LogP contribution in [0.2, 0.25) is 0 Å². The van der Waals surface area contributed by atoms with Gasteiger partial charge in [-0.3, -0.25) is 14.8 Å². The Labute approximate surface area is 160 Å². The van der Waals surface area contributed by atoms with E-state index in [0.29, 0.717) is 18.7 Å². The molecule has 138 valence electrons. The molecule has 0 aliphatic carbocycles. The number of rotatable bonds is 7. The van der Waals surface area contributed by atoms with Crippen molar-refractivity contribution in [2.24, 2.45) is 0 Å². The van der Waals surface area contributed by atoms with Crippen LogP contribution in [0.3, 0.4) is 0 Å². The fourth-order valence-electron chi connectivity index (χ4n) is 2.79. The molecule has 2 heterocycles. The molecule has 0 aliphatic heterocycles. The lowest BCUT2D eigenvalue weighted by Crippen LogP contribution is -2.36. The van der Waals surface area contributed by atoms with E-state index in [1.165, 1.54) is 0 Å². The molecule has 2 aromatic heterocycles. The van der Waals surface area contributed by atoms with Gasteiger partial charge in [0.2, 0.25) is 0 Å². The molecule has 0 unspecified atom stereocenters. The quantitative estimate of drug-likeness (QED) is 0.688. The summed E-state index contributed by atoms with van der Waals surface area (Å²) in [5.74, 6) is -0.0195. The van der Waals surface area contributed by atoms with Crippen LogP contribution in [-0.4, -0.2) is 26.8 Å². The number of carbonyl (C=O) groups is 1. The Hall–Kier alpha value is -3.21. The van der Waals surface area contributed by atoms with E-state index in [4.69, 9.17) is 0 Å². The normalized spacial score (nSPS) is 10.6. The maximum Gasteiger partial charge on any atom is 0.256 e. The number of carbonyl (C=O) groups excluding carboxylic acids is 1. The maximum absolute atomic E-state index is 13.1. The van der Waals surface area contributed by atoms with Crippen LogP contribution >= 0.6 is 0 Å². The summed E-state index contributed by atoms with van der Waals surface area (Å²) >= 11 is 0. The molecule has 0 spiro atoms. The Kier molecular flexibility index (Phi) is 6.15. The highest BCUT2D eigenvalue weighted by Gasteiger charge is 2.19. The minimum atomic E-state index is -0.0195. The number of hydrogen-bond donors (Lipinski definition) is 1. The van der Waals surface area contributed by atoms with E-state index in [-0.39, 0.29) is 11.9 Å². The molecule has 0 aliphatic rings. The van der Waals surface area contributed by atoms with Gasteiger partial charge >= 0.3 is 0 Å². The Morgan fingerprint density at radius 2 is 1.74 bits per heavy atom. The second-order valence-corrected chi connectivity index (χ2v) is 6.68. The van der Waals surface area contributed by atoms with Gasteiger partial charge in [-0.1, -0.05) is 30.3 Å². The van der Waals surface area contributed by atoms with Crippen molar-refractivity contribution in [3.05, 3.63) is 90.0 Å². The lowest BCUT2D eigenvalue weighted by molar-refractivity contribution is 0.0690. The Morgan fingerprint density at radius 3 is 2.44 bits per heavy atom. The van der Waals surface area contributed by atoms with Gasteiger partial charge in [0, 0.05) is 43.9 Å². The molecular weight excluding hydrogens is 336 g/mol. The van der Waals surface area contributed by atoms with Gasteiger partial charge in [-0.15, -0.1) is 0 Å². The molecule has 5 heteroatoms. The topological polar surface area (TPSA) is 58.1 Å². The first-order valence-corrected chi connectivity index (χ1v) is 9.06.